The van der Waals surface area contributed by atoms with Crippen LogP contribution in [-0.2, 0) is 17.4 Å². The zero-order valence-electron chi connectivity index (χ0n) is 18.2. The first-order valence-corrected chi connectivity index (χ1v) is 13.4. The zero-order valence-corrected chi connectivity index (χ0v) is 19.7. The van der Waals surface area contributed by atoms with Crippen LogP contribution in [0.2, 0.25) is 3.72 Å². The molecule has 0 fully saturated rings. The van der Waals surface area contributed by atoms with Crippen LogP contribution in [0.1, 0.15) is 61.8 Å². The van der Waals surface area contributed by atoms with E-state index >= 15 is 0 Å². The first-order valence-electron chi connectivity index (χ1n) is 10.6. The number of allylic oxidation sites excluding steroid dienone is 4. The zero-order chi connectivity index (χ0) is 19.1. The van der Waals surface area contributed by atoms with Gasteiger partial charge in [0.15, 0.2) is 0 Å². The Labute approximate surface area is 162 Å². The Kier molecular flexibility index (Phi) is 9.63. The van der Waals surface area contributed by atoms with E-state index in [2.05, 4.69) is 89.8 Å². The van der Waals surface area contributed by atoms with Gasteiger partial charge in [0.25, 0.3) is 0 Å². The maximum absolute atomic E-state index is 2.89. The van der Waals surface area contributed by atoms with Crippen LogP contribution in [0.4, 0.5) is 0 Å². The van der Waals surface area contributed by atoms with Gasteiger partial charge in [0, 0.05) is 0 Å². The third kappa shape index (κ3) is 4.16. The van der Waals surface area contributed by atoms with Crippen LogP contribution in [0.25, 0.3) is 0 Å². The SMILES string of the molecule is CC[N](CC)[Ti]([N](CC)CC)([N](CC)CC)[C]1(CC(C)C)C=CC=C1. The molecule has 0 aromatic rings. The molecule has 0 saturated heterocycles. The minimum atomic E-state index is -2.85. The van der Waals surface area contributed by atoms with E-state index in [0.717, 1.165) is 39.3 Å². The van der Waals surface area contributed by atoms with Crippen LogP contribution in [-0.4, -0.2) is 49.4 Å². The van der Waals surface area contributed by atoms with Gasteiger partial charge >= 0.3 is 163 Å². The molecule has 0 N–H and O–H groups in total. The van der Waals surface area contributed by atoms with Crippen LogP contribution >= 0.6 is 0 Å². The summed E-state index contributed by atoms with van der Waals surface area (Å²) in [5.74, 6) is 0.694. The molecule has 0 aromatic heterocycles. The topological polar surface area (TPSA) is 9.72 Å². The molecule has 4 heteroatoms. The van der Waals surface area contributed by atoms with Crippen molar-refractivity contribution in [1.29, 1.82) is 0 Å². The second-order valence-corrected chi connectivity index (χ2v) is 13.9. The fourth-order valence-corrected chi connectivity index (χ4v) is 16.0. The summed E-state index contributed by atoms with van der Waals surface area (Å²) in [6, 6.07) is 0. The van der Waals surface area contributed by atoms with Gasteiger partial charge in [-0.15, -0.1) is 0 Å². The van der Waals surface area contributed by atoms with Crippen LogP contribution in [0.5, 0.6) is 0 Å². The maximum atomic E-state index is 2.89. The Hall–Kier alpha value is 0.0743. The molecular weight excluding hydrogens is 342 g/mol. The summed E-state index contributed by atoms with van der Waals surface area (Å²) in [4.78, 5) is 0. The molecule has 0 heterocycles. The second-order valence-electron chi connectivity index (χ2n) is 7.51. The van der Waals surface area contributed by atoms with E-state index in [1.54, 1.807) is 0 Å². The molecule has 1 aliphatic rings. The van der Waals surface area contributed by atoms with Crippen LogP contribution in [0.15, 0.2) is 24.3 Å². The van der Waals surface area contributed by atoms with Gasteiger partial charge in [-0.25, -0.2) is 0 Å². The molecule has 1 aliphatic carbocycles. The third-order valence-corrected chi connectivity index (χ3v) is 15.8. The quantitative estimate of drug-likeness (QED) is 0.425. The average molecular weight is 385 g/mol. The Morgan fingerprint density at radius 2 is 1.00 bits per heavy atom. The predicted molar refractivity (Wildman–Crippen MR) is 109 cm³/mol. The molecule has 146 valence electrons. The van der Waals surface area contributed by atoms with Crippen molar-refractivity contribution in [3.8, 4) is 0 Å². The third-order valence-electron chi connectivity index (χ3n) is 5.88. The Balaban J connectivity index is 3.77. The van der Waals surface area contributed by atoms with Crippen molar-refractivity contribution in [3.05, 3.63) is 24.3 Å². The fourth-order valence-electron chi connectivity index (χ4n) is 5.16. The van der Waals surface area contributed by atoms with Gasteiger partial charge in [0.05, 0.1) is 0 Å². The van der Waals surface area contributed by atoms with Crippen molar-refractivity contribution < 1.29 is 17.4 Å². The molecule has 0 saturated carbocycles. The van der Waals surface area contributed by atoms with E-state index in [-0.39, 0.29) is 3.72 Å². The summed E-state index contributed by atoms with van der Waals surface area (Å²) in [6.07, 6.45) is 11.0. The number of nitrogens with zero attached hydrogens (tertiary/aromatic N) is 3. The summed E-state index contributed by atoms with van der Waals surface area (Å²) in [5, 5.41) is 0. The molecule has 0 unspecified atom stereocenters. The van der Waals surface area contributed by atoms with E-state index in [1.165, 1.54) is 6.42 Å². The fraction of sp³-hybridized carbons (Fsp3) is 0.810. The van der Waals surface area contributed by atoms with E-state index in [1.807, 2.05) is 0 Å². The summed E-state index contributed by atoms with van der Waals surface area (Å²) in [7, 11) is 0. The Bertz CT molecular complexity index is 389. The van der Waals surface area contributed by atoms with E-state index in [9.17, 15) is 0 Å². The van der Waals surface area contributed by atoms with Crippen LogP contribution in [0.3, 0.4) is 0 Å². The predicted octanol–water partition coefficient (Wildman–Crippen LogP) is 5.24. The van der Waals surface area contributed by atoms with Gasteiger partial charge in [-0.2, -0.15) is 0 Å². The molecular formula is C21H43N3Ti. The molecule has 0 aliphatic heterocycles. The minimum absolute atomic E-state index is 0.207. The Morgan fingerprint density at radius 3 is 1.24 bits per heavy atom. The molecule has 0 amide bonds. The van der Waals surface area contributed by atoms with Crippen molar-refractivity contribution in [2.24, 2.45) is 5.92 Å². The molecule has 1 rings (SSSR count). The molecule has 3 nitrogen and oxygen atoms in total. The summed E-state index contributed by atoms with van der Waals surface area (Å²) >= 11 is -2.85. The van der Waals surface area contributed by atoms with Gasteiger partial charge in [-0.05, 0) is 0 Å². The average Bonchev–Trinajstić information content (AvgIpc) is 3.06. The second kappa shape index (κ2) is 10.4. The first kappa shape index (κ1) is 23.1. The molecule has 0 spiro atoms. The normalized spacial score (nSPS) is 17.0. The van der Waals surface area contributed by atoms with Crippen molar-refractivity contribution in [2.45, 2.75) is 65.5 Å². The first-order chi connectivity index (χ1) is 11.9. The van der Waals surface area contributed by atoms with E-state index < -0.39 is 17.4 Å². The van der Waals surface area contributed by atoms with E-state index in [0.29, 0.717) is 5.92 Å². The summed E-state index contributed by atoms with van der Waals surface area (Å²) < 4.78 is 8.88. The molecule has 0 radical (unpaired) electrons. The van der Waals surface area contributed by atoms with Crippen molar-refractivity contribution in [2.75, 3.05) is 39.3 Å². The number of rotatable bonds is 12. The monoisotopic (exact) mass is 385 g/mol. The van der Waals surface area contributed by atoms with Gasteiger partial charge in [-0.1, -0.05) is 0 Å². The van der Waals surface area contributed by atoms with Crippen LogP contribution in [0, 0.1) is 5.92 Å². The summed E-state index contributed by atoms with van der Waals surface area (Å²) in [5.41, 5.74) is 0. The van der Waals surface area contributed by atoms with Gasteiger partial charge in [-0.3, -0.25) is 0 Å². The molecule has 0 atom stereocenters. The van der Waals surface area contributed by atoms with Gasteiger partial charge in [0.1, 0.15) is 0 Å². The Morgan fingerprint density at radius 1 is 0.680 bits per heavy atom. The van der Waals surface area contributed by atoms with Crippen molar-refractivity contribution in [3.63, 3.8) is 0 Å². The van der Waals surface area contributed by atoms with Gasteiger partial charge < -0.3 is 0 Å². The summed E-state index contributed by atoms with van der Waals surface area (Å²) in [6.45, 7) is 25.8. The van der Waals surface area contributed by atoms with Crippen molar-refractivity contribution in [1.82, 2.24) is 10.1 Å². The van der Waals surface area contributed by atoms with Crippen LogP contribution < -0.4 is 0 Å². The molecule has 0 aromatic carbocycles. The standard InChI is InChI=1S/C9H13.3C4H10N.Ti/c1-8(2)7-9-5-3-4-6-9;3*1-3-5-4-2;/h3-6,8H,7H2,1-2H3;3*3-4H2,1-2H3;/q;3*-1;+3. The van der Waals surface area contributed by atoms with Gasteiger partial charge in [0.2, 0.25) is 0 Å². The van der Waals surface area contributed by atoms with E-state index in [4.69, 9.17) is 0 Å². The number of hydrogen-bond donors (Lipinski definition) is 0. The molecule has 0 bridgehead atoms. The van der Waals surface area contributed by atoms with Crippen molar-refractivity contribution >= 4 is 0 Å². The number of hydrogen-bond acceptors (Lipinski definition) is 3. The molecule has 25 heavy (non-hydrogen) atoms.